The summed E-state index contributed by atoms with van der Waals surface area (Å²) in [6.45, 7) is 3.52. The maximum absolute atomic E-state index is 13.3. The number of rotatable bonds is 9. The summed E-state index contributed by atoms with van der Waals surface area (Å²) in [6.07, 6.45) is 1.72. The second-order valence-electron chi connectivity index (χ2n) is 7.64. The summed E-state index contributed by atoms with van der Waals surface area (Å²) in [5, 5.41) is 2.81. The van der Waals surface area contributed by atoms with Crippen molar-refractivity contribution < 1.29 is 22.8 Å². The van der Waals surface area contributed by atoms with Gasteiger partial charge in [0.25, 0.3) is 15.9 Å². The number of carbonyl (C=O) groups is 3. The highest BCUT2D eigenvalue weighted by atomic mass is 32.2. The van der Waals surface area contributed by atoms with E-state index >= 15 is 0 Å². The van der Waals surface area contributed by atoms with Gasteiger partial charge in [-0.2, -0.15) is 0 Å². The molecule has 32 heavy (non-hydrogen) atoms. The summed E-state index contributed by atoms with van der Waals surface area (Å²) in [6, 6.07) is 14.1. The largest absolute Gasteiger partial charge is 0.354 e. The summed E-state index contributed by atoms with van der Waals surface area (Å²) in [4.78, 5) is 39.8. The number of benzene rings is 2. The van der Waals surface area contributed by atoms with E-state index in [2.05, 4.69) is 5.32 Å². The highest BCUT2D eigenvalue weighted by Gasteiger charge is 2.43. The second-order valence-corrected chi connectivity index (χ2v) is 9.47. The van der Waals surface area contributed by atoms with Crippen molar-refractivity contribution in [2.24, 2.45) is 0 Å². The lowest BCUT2D eigenvalue weighted by molar-refractivity contribution is -0.140. The lowest BCUT2D eigenvalue weighted by Gasteiger charge is -2.30. The Morgan fingerprint density at radius 3 is 2.38 bits per heavy atom. The van der Waals surface area contributed by atoms with Crippen LogP contribution in [0.4, 0.5) is 0 Å². The molecule has 0 aromatic heterocycles. The van der Waals surface area contributed by atoms with Gasteiger partial charge in [0.2, 0.25) is 11.8 Å². The van der Waals surface area contributed by atoms with Gasteiger partial charge in [0, 0.05) is 13.1 Å². The minimum absolute atomic E-state index is 0.0419. The van der Waals surface area contributed by atoms with Gasteiger partial charge in [-0.05, 0) is 31.0 Å². The fourth-order valence-corrected chi connectivity index (χ4v) is 5.02. The smallest absolute Gasteiger partial charge is 0.269 e. The van der Waals surface area contributed by atoms with E-state index in [1.807, 2.05) is 37.3 Å². The molecule has 1 atom stereocenters. The van der Waals surface area contributed by atoms with Crippen molar-refractivity contribution in [2.45, 2.75) is 44.2 Å². The Hall–Kier alpha value is -3.20. The Labute approximate surface area is 188 Å². The first kappa shape index (κ1) is 23.5. The predicted octanol–water partition coefficient (Wildman–Crippen LogP) is 2.16. The van der Waals surface area contributed by atoms with E-state index in [1.54, 1.807) is 13.0 Å². The summed E-state index contributed by atoms with van der Waals surface area (Å²) < 4.78 is 26.3. The van der Waals surface area contributed by atoms with Crippen LogP contribution in [0, 0.1) is 0 Å². The number of unbranched alkanes of at least 4 members (excludes halogenated alkanes) is 1. The molecule has 170 valence electrons. The fraction of sp³-hybridized carbons (Fsp3) is 0.348. The van der Waals surface area contributed by atoms with E-state index in [0.29, 0.717) is 10.8 Å². The van der Waals surface area contributed by atoms with Crippen LogP contribution in [0.2, 0.25) is 0 Å². The third kappa shape index (κ3) is 4.83. The number of hydrogen-bond acceptors (Lipinski definition) is 5. The van der Waals surface area contributed by atoms with E-state index in [1.165, 1.54) is 23.1 Å². The molecule has 0 fully saturated rings. The molecule has 0 spiro atoms. The van der Waals surface area contributed by atoms with Crippen molar-refractivity contribution in [1.82, 2.24) is 14.5 Å². The molecule has 1 aliphatic heterocycles. The first-order valence-corrected chi connectivity index (χ1v) is 12.0. The Morgan fingerprint density at radius 2 is 1.72 bits per heavy atom. The van der Waals surface area contributed by atoms with Gasteiger partial charge in [0.15, 0.2) is 0 Å². The van der Waals surface area contributed by atoms with Gasteiger partial charge in [-0.25, -0.2) is 12.7 Å². The molecular weight excluding hydrogens is 430 g/mol. The van der Waals surface area contributed by atoms with Crippen molar-refractivity contribution in [2.75, 3.05) is 13.1 Å². The lowest BCUT2D eigenvalue weighted by atomic mass is 10.1. The van der Waals surface area contributed by atoms with Crippen LogP contribution in [0.5, 0.6) is 0 Å². The van der Waals surface area contributed by atoms with E-state index < -0.39 is 34.4 Å². The molecule has 0 radical (unpaired) electrons. The minimum Gasteiger partial charge on any atom is -0.354 e. The third-order valence-electron chi connectivity index (χ3n) is 5.38. The van der Waals surface area contributed by atoms with Crippen LogP contribution in [0.25, 0.3) is 0 Å². The second kappa shape index (κ2) is 9.95. The highest BCUT2D eigenvalue weighted by molar-refractivity contribution is 7.90. The zero-order valence-electron chi connectivity index (χ0n) is 18.2. The maximum Gasteiger partial charge on any atom is 0.269 e. The molecule has 3 rings (SSSR count). The van der Waals surface area contributed by atoms with E-state index in [9.17, 15) is 22.8 Å². The SMILES string of the molecule is CCCCNC(=O)[C@@H](C)N(Cc1ccccc1)C(=O)CN1C(=O)c2ccccc2S1(=O)=O. The number of carbonyl (C=O) groups excluding carboxylic acids is 3. The molecule has 2 aromatic rings. The molecule has 0 saturated heterocycles. The van der Waals surface area contributed by atoms with Gasteiger partial charge in [0.1, 0.15) is 17.5 Å². The quantitative estimate of drug-likeness (QED) is 0.581. The maximum atomic E-state index is 13.3. The first-order chi connectivity index (χ1) is 15.3. The molecule has 1 aliphatic rings. The molecule has 1 heterocycles. The molecule has 8 nitrogen and oxygen atoms in total. The number of hydrogen-bond donors (Lipinski definition) is 1. The van der Waals surface area contributed by atoms with Crippen molar-refractivity contribution in [1.29, 1.82) is 0 Å². The molecule has 0 bridgehead atoms. The summed E-state index contributed by atoms with van der Waals surface area (Å²) >= 11 is 0. The Morgan fingerprint density at radius 1 is 1.06 bits per heavy atom. The molecule has 1 N–H and O–H groups in total. The topological polar surface area (TPSA) is 104 Å². The average molecular weight is 458 g/mol. The van der Waals surface area contributed by atoms with Crippen molar-refractivity contribution >= 4 is 27.7 Å². The monoisotopic (exact) mass is 457 g/mol. The highest BCUT2D eigenvalue weighted by Crippen LogP contribution is 2.30. The number of nitrogens with one attached hydrogen (secondary N) is 1. The molecule has 9 heteroatoms. The molecule has 0 saturated carbocycles. The van der Waals surface area contributed by atoms with Gasteiger partial charge in [-0.1, -0.05) is 55.8 Å². The van der Waals surface area contributed by atoms with Gasteiger partial charge in [-0.3, -0.25) is 14.4 Å². The van der Waals surface area contributed by atoms with E-state index in [-0.39, 0.29) is 22.9 Å². The number of fused-ring (bicyclic) bond motifs is 1. The van der Waals surface area contributed by atoms with Crippen LogP contribution in [0.3, 0.4) is 0 Å². The van der Waals surface area contributed by atoms with E-state index in [0.717, 1.165) is 18.4 Å². The number of nitrogens with zero attached hydrogens (tertiary/aromatic N) is 2. The summed E-state index contributed by atoms with van der Waals surface area (Å²) in [5.41, 5.74) is 0.827. The predicted molar refractivity (Wildman–Crippen MR) is 119 cm³/mol. The van der Waals surface area contributed by atoms with Crippen molar-refractivity contribution in [3.8, 4) is 0 Å². The normalized spacial score (nSPS) is 15.2. The van der Waals surface area contributed by atoms with Crippen LogP contribution in [-0.2, 0) is 26.2 Å². The molecule has 2 aromatic carbocycles. The average Bonchev–Trinajstić information content (AvgIpc) is 2.98. The molecule has 3 amide bonds. The third-order valence-corrected chi connectivity index (χ3v) is 7.17. The summed E-state index contributed by atoms with van der Waals surface area (Å²) in [7, 11) is -4.12. The van der Waals surface area contributed by atoms with Gasteiger partial charge in [-0.15, -0.1) is 0 Å². The van der Waals surface area contributed by atoms with Crippen LogP contribution in [0.15, 0.2) is 59.5 Å². The van der Waals surface area contributed by atoms with Crippen LogP contribution < -0.4 is 5.32 Å². The lowest BCUT2D eigenvalue weighted by Crippen LogP contribution is -2.51. The van der Waals surface area contributed by atoms with Gasteiger partial charge in [0.05, 0.1) is 5.56 Å². The van der Waals surface area contributed by atoms with E-state index in [4.69, 9.17) is 0 Å². The Kier molecular flexibility index (Phi) is 7.29. The van der Waals surface area contributed by atoms with Crippen molar-refractivity contribution in [3.63, 3.8) is 0 Å². The molecular formula is C23H27N3O5S. The van der Waals surface area contributed by atoms with Gasteiger partial charge < -0.3 is 10.2 Å². The molecule has 0 aliphatic carbocycles. The molecule has 0 unspecified atom stereocenters. The Balaban J connectivity index is 1.84. The summed E-state index contributed by atoms with van der Waals surface area (Å²) in [5.74, 6) is -1.70. The number of sulfonamides is 1. The first-order valence-electron chi connectivity index (χ1n) is 10.5. The zero-order valence-corrected chi connectivity index (χ0v) is 19.0. The van der Waals surface area contributed by atoms with Gasteiger partial charge >= 0.3 is 0 Å². The van der Waals surface area contributed by atoms with Crippen molar-refractivity contribution in [3.05, 3.63) is 65.7 Å². The standard InChI is InChI=1S/C23H27N3O5S/c1-3-4-14-24-22(28)17(2)25(15-18-10-6-5-7-11-18)21(27)16-26-23(29)19-12-8-9-13-20(19)32(26,30)31/h5-13,17H,3-4,14-16H2,1-2H3,(H,24,28)/t17-/m1/s1. The minimum atomic E-state index is -4.12. The Bertz CT molecular complexity index is 1100. The van der Waals surface area contributed by atoms with Crippen LogP contribution >= 0.6 is 0 Å². The number of amides is 3. The van der Waals surface area contributed by atoms with Crippen LogP contribution in [0.1, 0.15) is 42.6 Å². The zero-order chi connectivity index (χ0) is 23.3. The fourth-order valence-electron chi connectivity index (χ4n) is 3.50. The van der Waals surface area contributed by atoms with Crippen LogP contribution in [-0.4, -0.2) is 54.5 Å².